The second-order valence-electron chi connectivity index (χ2n) is 6.00. The van der Waals surface area contributed by atoms with Crippen LogP contribution in [-0.4, -0.2) is 31.8 Å². The molecule has 0 N–H and O–H groups in total. The fraction of sp³-hybridized carbons (Fsp3) is 0.947. The van der Waals surface area contributed by atoms with E-state index in [-0.39, 0.29) is 38.7 Å². The zero-order valence-electron chi connectivity index (χ0n) is 16.3. The van der Waals surface area contributed by atoms with Crippen LogP contribution in [0, 0.1) is 0 Å². The molecule has 0 rings (SSSR count). The number of thiol groups is 1. The van der Waals surface area contributed by atoms with E-state index in [2.05, 4.69) is 13.8 Å². The molecule has 0 aliphatic carbocycles. The molecule has 0 aliphatic rings. The molecular formula is C19H40O2S2Sn-. The average Bonchev–Trinajstić information content (AvgIpc) is 2.58. The van der Waals surface area contributed by atoms with Gasteiger partial charge in [0, 0.05) is 6.42 Å². The second kappa shape index (κ2) is 28.6. The second-order valence-corrected chi connectivity index (χ2v) is 10.2. The topological polar surface area (TPSA) is 26.3 Å². The van der Waals surface area contributed by atoms with E-state index < -0.39 is 0 Å². The summed E-state index contributed by atoms with van der Waals surface area (Å²) in [6.45, 7) is 6.92. The van der Waals surface area contributed by atoms with E-state index in [0.717, 1.165) is 6.42 Å². The minimum Gasteiger partial charge on any atom is -0.813 e. The predicted octanol–water partition coefficient (Wildman–Crippen LogP) is 6.61. The summed E-state index contributed by atoms with van der Waals surface area (Å²) in [7, 11) is 4.89. The maximum atomic E-state index is 10.8. The molecule has 0 atom stereocenters. The molecule has 0 aliphatic heterocycles. The van der Waals surface area contributed by atoms with Crippen molar-refractivity contribution in [3.63, 3.8) is 0 Å². The van der Waals surface area contributed by atoms with Gasteiger partial charge in [0.05, 0.1) is 6.61 Å². The number of hydrogen-bond acceptors (Lipinski definition) is 4. The van der Waals surface area contributed by atoms with E-state index in [1.165, 1.54) is 75.1 Å². The van der Waals surface area contributed by atoms with Gasteiger partial charge in [-0.15, -0.1) is 0 Å². The van der Waals surface area contributed by atoms with Crippen molar-refractivity contribution < 1.29 is 9.53 Å². The molecule has 0 saturated heterocycles. The van der Waals surface area contributed by atoms with Crippen LogP contribution in [-0.2, 0) is 23.0 Å². The molecule has 0 heterocycles. The van der Waals surface area contributed by atoms with Crippen molar-refractivity contribution in [2.75, 3.05) is 6.61 Å². The van der Waals surface area contributed by atoms with Crippen LogP contribution in [0.4, 0.5) is 0 Å². The van der Waals surface area contributed by atoms with Gasteiger partial charge >= 0.3 is 58.7 Å². The van der Waals surface area contributed by atoms with Crippen LogP contribution in [0.25, 0.3) is 0 Å². The Morgan fingerprint density at radius 3 is 1.62 bits per heavy atom. The van der Waals surface area contributed by atoms with Gasteiger partial charge in [-0.2, -0.15) is 0 Å². The molecule has 0 aromatic carbocycles. The van der Waals surface area contributed by atoms with Gasteiger partial charge in [-0.3, -0.25) is 4.79 Å². The third-order valence-electron chi connectivity index (χ3n) is 3.68. The van der Waals surface area contributed by atoms with E-state index in [9.17, 15) is 4.79 Å². The largest absolute Gasteiger partial charge is 0.813 e. The molecule has 0 aromatic heterocycles. The number of esters is 1. The van der Waals surface area contributed by atoms with E-state index in [4.69, 9.17) is 14.0 Å². The van der Waals surface area contributed by atoms with Crippen LogP contribution in [0.1, 0.15) is 104 Å². The Hall–Kier alpha value is 0.839. The van der Waals surface area contributed by atoms with E-state index >= 15 is 0 Å². The number of unbranched alkanes of at least 4 members (excludes halogenated alkanes) is 10. The Balaban J connectivity index is -0.000000538. The van der Waals surface area contributed by atoms with Crippen molar-refractivity contribution >= 4 is 48.0 Å². The monoisotopic (exact) mass is 484 g/mol. The Kier molecular flexibility index (Phi) is 35.3. The first-order valence-corrected chi connectivity index (χ1v) is 15.7. The average molecular weight is 483 g/mol. The van der Waals surface area contributed by atoms with E-state index in [1.54, 1.807) is 0 Å². The van der Waals surface area contributed by atoms with Crippen LogP contribution >= 0.6 is 9.29 Å². The van der Waals surface area contributed by atoms with Crippen LogP contribution in [0.3, 0.4) is 0 Å². The zero-order valence-corrected chi connectivity index (χ0v) is 20.8. The molecule has 2 nitrogen and oxygen atoms in total. The summed E-state index contributed by atoms with van der Waals surface area (Å²) >= 11 is -0.227. The minimum absolute atomic E-state index is 0. The molecular weight excluding hydrogens is 443 g/mol. The first kappa shape index (κ1) is 29.6. The van der Waals surface area contributed by atoms with Crippen molar-refractivity contribution in [1.29, 1.82) is 0 Å². The smallest absolute Gasteiger partial charge is 0.813 e. The van der Waals surface area contributed by atoms with Gasteiger partial charge in [0.15, 0.2) is 0 Å². The van der Waals surface area contributed by atoms with E-state index in [0.29, 0.717) is 13.0 Å². The Morgan fingerprint density at radius 1 is 0.792 bits per heavy atom. The van der Waals surface area contributed by atoms with Crippen molar-refractivity contribution in [2.45, 2.75) is 109 Å². The van der Waals surface area contributed by atoms with Gasteiger partial charge in [-0.1, -0.05) is 71.6 Å². The third kappa shape index (κ3) is 30.7. The third-order valence-corrected chi connectivity index (χ3v) is 6.64. The maximum absolute atomic E-state index is 10.8. The fourth-order valence-electron chi connectivity index (χ4n) is 2.13. The number of hydrogen-bond donors (Lipinski definition) is 0. The minimum atomic E-state index is -0.227. The summed E-state index contributed by atoms with van der Waals surface area (Å²) in [5, 5.41) is 0. The van der Waals surface area contributed by atoms with Gasteiger partial charge in [0.25, 0.3) is 0 Å². The molecule has 145 valence electrons. The summed E-state index contributed by atoms with van der Waals surface area (Å²) in [5.41, 5.74) is 0. The van der Waals surface area contributed by atoms with Gasteiger partial charge < -0.3 is 18.2 Å². The Morgan fingerprint density at radius 2 is 1.25 bits per heavy atom. The quantitative estimate of drug-likeness (QED) is 0.0861. The fourth-order valence-corrected chi connectivity index (χ4v) is 4.52. The molecule has 0 fully saturated rings. The number of carbonyl (C=O) groups excluding carboxylic acids is 1. The molecule has 1 radical (unpaired) electrons. The van der Waals surface area contributed by atoms with Crippen LogP contribution in [0.15, 0.2) is 0 Å². The Bertz CT molecular complexity index is 252. The molecule has 0 saturated carbocycles. The molecule has 0 amide bonds. The van der Waals surface area contributed by atoms with Crippen molar-refractivity contribution in [3.05, 3.63) is 0 Å². The molecule has 24 heavy (non-hydrogen) atoms. The van der Waals surface area contributed by atoms with Gasteiger partial charge in [-0.05, 0) is 6.42 Å². The predicted molar refractivity (Wildman–Crippen MR) is 115 cm³/mol. The first-order chi connectivity index (χ1) is 11.2. The van der Waals surface area contributed by atoms with Crippen molar-refractivity contribution in [2.24, 2.45) is 0 Å². The summed E-state index contributed by atoms with van der Waals surface area (Å²) in [6.07, 6.45) is 16.4. The molecule has 0 aromatic rings. The van der Waals surface area contributed by atoms with E-state index in [1.807, 2.05) is 6.92 Å². The number of carbonyl (C=O) groups is 1. The number of rotatable bonds is 15. The van der Waals surface area contributed by atoms with Gasteiger partial charge in [0.2, 0.25) is 0 Å². The van der Waals surface area contributed by atoms with Crippen LogP contribution in [0.2, 0.25) is 4.44 Å². The number of ether oxygens (including phenoxy) is 1. The first-order valence-electron chi connectivity index (χ1n) is 9.73. The van der Waals surface area contributed by atoms with Crippen LogP contribution < -0.4 is 0 Å². The summed E-state index contributed by atoms with van der Waals surface area (Å²) in [5.74, 6) is -0.0686. The summed E-state index contributed by atoms with van der Waals surface area (Å²) < 4.78 is 6.42. The van der Waals surface area contributed by atoms with Gasteiger partial charge in [0.1, 0.15) is 0 Å². The molecule has 0 spiro atoms. The summed E-state index contributed by atoms with van der Waals surface area (Å²) in [6, 6.07) is 0. The molecule has 0 unspecified atom stereocenters. The zero-order chi connectivity index (χ0) is 17.6. The molecule has 5 heteroatoms. The van der Waals surface area contributed by atoms with Crippen LogP contribution in [0.5, 0.6) is 0 Å². The van der Waals surface area contributed by atoms with Crippen molar-refractivity contribution in [3.8, 4) is 0 Å². The summed E-state index contributed by atoms with van der Waals surface area (Å²) in [4.78, 5) is 10.8. The normalized spacial score (nSPS) is 9.46. The molecule has 0 bridgehead atoms. The van der Waals surface area contributed by atoms with Gasteiger partial charge in [-0.25, -0.2) is 0 Å². The standard InChI is InChI=1S/C15H30O2.C4H9.H2S.S.Sn/c1-3-5-6-7-8-9-10-11-12-13-14-17-15(16)4-2;1-3-4-2;;;/h3-14H2,1-2H3;1,3-4H2,2H3;1H2;;/p-1. The maximum Gasteiger partial charge on any atom is -0.813 e. The Labute approximate surface area is 172 Å². The van der Waals surface area contributed by atoms with Crippen molar-refractivity contribution in [1.82, 2.24) is 0 Å². The SMILES string of the molecule is CCCCCCCCCCCCOC(=O)CC.CCC[CH2][Sn]=[S].[SH-].